The Kier molecular flexibility index (Phi) is 13.6. The predicted molar refractivity (Wildman–Crippen MR) is 306 cm³/mol. The Morgan fingerprint density at radius 1 is 0.312 bits per heavy atom. The van der Waals surface area contributed by atoms with Crippen LogP contribution < -0.4 is 0 Å². The summed E-state index contributed by atoms with van der Waals surface area (Å²) < 4.78 is 40.3. The third kappa shape index (κ3) is 10.4. The molecule has 0 N–H and O–H groups in total. The molecule has 0 saturated heterocycles. The van der Waals surface area contributed by atoms with Gasteiger partial charge < -0.3 is 0 Å². The molecule has 0 fully saturated rings. The quantitative estimate of drug-likeness (QED) is 0.0750. The topological polar surface area (TPSA) is 119 Å². The van der Waals surface area contributed by atoms with Gasteiger partial charge in [0.25, 0.3) is 0 Å². The minimum absolute atomic E-state index is 0.194. The second-order valence-corrected chi connectivity index (χ2v) is 20.5. The van der Waals surface area contributed by atoms with Crippen LogP contribution in [0, 0.1) is 0 Å². The number of nitrogens with zero attached hydrogens (tertiary/aromatic N) is 6. The zero-order valence-corrected chi connectivity index (χ0v) is 42.8. The minimum Gasteiger partial charge on any atom is -0.271 e. The molecule has 12 rings (SSSR count). The van der Waals surface area contributed by atoms with Gasteiger partial charge in [0.05, 0.1) is 34.2 Å². The van der Waals surface area contributed by atoms with E-state index in [0.29, 0.717) is 34.2 Å². The summed E-state index contributed by atoms with van der Waals surface area (Å²) in [6.45, 7) is 0. The van der Waals surface area contributed by atoms with E-state index in [1.807, 2.05) is 218 Å². The van der Waals surface area contributed by atoms with Gasteiger partial charge in [0.1, 0.15) is 16.8 Å². The van der Waals surface area contributed by atoms with Crippen LogP contribution in [0.4, 0.5) is 17.1 Å². The van der Waals surface area contributed by atoms with E-state index in [0.717, 1.165) is 49.0 Å². The third-order valence-electron chi connectivity index (χ3n) is 14.1. The molecule has 374 valence electrons. The van der Waals surface area contributed by atoms with E-state index < -0.39 is 24.6 Å². The Bertz CT molecular complexity index is 3580. The maximum Gasteiger partial charge on any atom is 0.478 e. The third-order valence-corrected chi connectivity index (χ3v) is 15.7. The fourth-order valence-electron chi connectivity index (χ4n) is 10.3. The average molecular weight is 1020 g/mol. The molecule has 3 aliphatic carbocycles. The van der Waals surface area contributed by atoms with Crippen LogP contribution in [-0.2, 0) is 34.9 Å². The molecule has 9 aromatic carbocycles. The van der Waals surface area contributed by atoms with Crippen molar-refractivity contribution in [2.75, 3.05) is 0 Å². The summed E-state index contributed by atoms with van der Waals surface area (Å²) in [7, 11) is -5.00. The number of phosphoric acid groups is 1. The summed E-state index contributed by atoms with van der Waals surface area (Å²) in [4.78, 5) is 0. The Hall–Kier alpha value is -8.89. The minimum atomic E-state index is -5.00. The monoisotopic (exact) mass is 1020 g/mol. The molecule has 0 radical (unpaired) electrons. The molecule has 3 atom stereocenters. The van der Waals surface area contributed by atoms with Crippen LogP contribution in [0.2, 0.25) is 0 Å². The highest BCUT2D eigenvalue weighted by Crippen LogP contribution is 2.66. The highest BCUT2D eigenvalue weighted by atomic mass is 31.2. The molecule has 3 unspecified atom stereocenters. The second-order valence-electron chi connectivity index (χ2n) is 19.1. The van der Waals surface area contributed by atoms with Crippen LogP contribution in [0.25, 0.3) is 32.3 Å². The highest BCUT2D eigenvalue weighted by molar-refractivity contribution is 7.48. The van der Waals surface area contributed by atoms with Crippen molar-refractivity contribution in [2.24, 2.45) is 30.7 Å². The summed E-state index contributed by atoms with van der Waals surface area (Å²) in [5, 5.41) is 33.2. The first kappa shape index (κ1) is 49.0. The number of allylic oxidation sites excluding steroid dienone is 3. The summed E-state index contributed by atoms with van der Waals surface area (Å²) in [6.07, 6.45) is 17.8. The lowest BCUT2D eigenvalue weighted by Crippen LogP contribution is -2.36. The molecule has 11 heteroatoms. The molecular weight excluding hydrogens is 972 g/mol. The van der Waals surface area contributed by atoms with Gasteiger partial charge in [-0.15, -0.1) is 0 Å². The first-order valence-corrected chi connectivity index (χ1v) is 27.1. The molecule has 3 aliphatic rings. The van der Waals surface area contributed by atoms with E-state index >= 15 is 4.57 Å². The fraction of sp³-hybridized carbons (Fsp3) is 0.0909. The number of fused-ring (bicyclic) bond motifs is 3. The number of phosphoric ester groups is 1. The fourth-order valence-corrected chi connectivity index (χ4v) is 12.3. The van der Waals surface area contributed by atoms with Crippen molar-refractivity contribution in [1.29, 1.82) is 0 Å². The molecule has 9 aromatic rings. The summed E-state index contributed by atoms with van der Waals surface area (Å²) in [5.74, 6) is 0. The molecule has 0 aliphatic heterocycles. The van der Waals surface area contributed by atoms with Gasteiger partial charge in [-0.05, 0) is 122 Å². The van der Waals surface area contributed by atoms with Gasteiger partial charge in [-0.25, -0.2) is 4.57 Å². The molecule has 0 bridgehead atoms. The summed E-state index contributed by atoms with van der Waals surface area (Å²) >= 11 is 0. The normalized spacial score (nSPS) is 21.2. The van der Waals surface area contributed by atoms with Gasteiger partial charge in [0.15, 0.2) is 0 Å². The van der Waals surface area contributed by atoms with Crippen molar-refractivity contribution in [3.05, 3.63) is 307 Å². The van der Waals surface area contributed by atoms with Gasteiger partial charge in [-0.1, -0.05) is 200 Å². The van der Waals surface area contributed by atoms with Crippen molar-refractivity contribution >= 4 is 57.2 Å². The summed E-state index contributed by atoms with van der Waals surface area (Å²) in [6, 6.07) is 71.3. The van der Waals surface area contributed by atoms with E-state index in [9.17, 15) is 0 Å². The van der Waals surface area contributed by atoms with Crippen molar-refractivity contribution in [3.8, 4) is 0 Å². The second kappa shape index (κ2) is 21.4. The van der Waals surface area contributed by atoms with E-state index in [1.54, 1.807) is 0 Å². The lowest BCUT2D eigenvalue weighted by Gasteiger charge is -2.43. The number of hydrogen-bond donors (Lipinski definition) is 0. The molecule has 0 saturated carbocycles. The number of benzene rings is 9. The van der Waals surface area contributed by atoms with E-state index in [4.69, 9.17) is 13.6 Å². The van der Waals surface area contributed by atoms with Crippen LogP contribution in [0.15, 0.2) is 321 Å². The number of azo groups is 3. The van der Waals surface area contributed by atoms with E-state index in [1.165, 1.54) is 0 Å². The van der Waals surface area contributed by atoms with Gasteiger partial charge in [0.2, 0.25) is 0 Å². The maximum absolute atomic E-state index is 17.6. The predicted octanol–water partition coefficient (Wildman–Crippen LogP) is 19.2. The molecule has 0 aromatic heterocycles. The maximum atomic E-state index is 17.6. The van der Waals surface area contributed by atoms with Crippen molar-refractivity contribution < 1.29 is 18.1 Å². The van der Waals surface area contributed by atoms with Crippen LogP contribution in [0.1, 0.15) is 36.0 Å². The van der Waals surface area contributed by atoms with Gasteiger partial charge >= 0.3 is 7.82 Å². The Morgan fingerprint density at radius 3 is 0.870 bits per heavy atom. The Labute approximate surface area is 446 Å². The molecule has 0 heterocycles. The molecule has 77 heavy (non-hydrogen) atoms. The van der Waals surface area contributed by atoms with Crippen LogP contribution in [0.5, 0.6) is 0 Å². The Morgan fingerprint density at radius 2 is 0.584 bits per heavy atom. The van der Waals surface area contributed by atoms with Gasteiger partial charge in [0, 0.05) is 19.3 Å². The van der Waals surface area contributed by atoms with Crippen LogP contribution in [-0.4, -0.2) is 0 Å². The van der Waals surface area contributed by atoms with E-state index in [2.05, 4.69) is 85.3 Å². The SMILES string of the molecule is O=P(OC1(c2cccc3ccccc23)C=CC(/N=N/c2ccccc2)=CC1)(OC1(c2cccc3ccccc23)C=CC(/N=N/c2ccccc2)=CC1)OC1(c2cccc3ccccc23)C=CC(/N=N/c2ccccc2)=CC1. The lowest BCUT2D eigenvalue weighted by atomic mass is 9.84. The first-order chi connectivity index (χ1) is 37.9. The van der Waals surface area contributed by atoms with Crippen molar-refractivity contribution in [3.63, 3.8) is 0 Å². The Balaban J connectivity index is 1.04. The standard InChI is InChI=1S/C66H51N6O4P/c73-77(74-64(61-34-16-22-49-19-10-13-31-58(49)61)43-37-55(38-44-64)70-67-52-25-4-1-5-26-52,75-65(62-35-17-23-50-20-11-14-32-59(50)62)45-39-56(40-46-65)71-68-53-27-6-2-7-28-53)76-66(63-36-18-24-51-21-12-15-33-60(51)63)47-41-57(42-48-66)72-69-54-29-8-3-9-30-54/h1-43,45,47H,44,46,48H2/b70-67+,71-68+,72-69+. The first-order valence-electron chi connectivity index (χ1n) is 25.6. The lowest BCUT2D eigenvalue weighted by molar-refractivity contribution is -0.0352. The molecular formula is C66H51N6O4P. The number of hydrogen-bond acceptors (Lipinski definition) is 10. The molecule has 0 spiro atoms. The number of rotatable bonds is 15. The smallest absolute Gasteiger partial charge is 0.271 e. The molecule has 10 nitrogen and oxygen atoms in total. The zero-order valence-electron chi connectivity index (χ0n) is 41.9. The van der Waals surface area contributed by atoms with Gasteiger partial charge in [-0.3, -0.25) is 13.6 Å². The zero-order chi connectivity index (χ0) is 52.0. The summed E-state index contributed by atoms with van der Waals surface area (Å²) in [5.41, 5.74) is 1.91. The molecule has 0 amide bonds. The highest BCUT2D eigenvalue weighted by Gasteiger charge is 2.52. The largest absolute Gasteiger partial charge is 0.478 e. The van der Waals surface area contributed by atoms with E-state index in [-0.39, 0.29) is 19.3 Å². The van der Waals surface area contributed by atoms with Crippen molar-refractivity contribution in [2.45, 2.75) is 36.1 Å². The van der Waals surface area contributed by atoms with Crippen LogP contribution >= 0.6 is 7.82 Å². The average Bonchev–Trinajstić information content (AvgIpc) is 3.50. The van der Waals surface area contributed by atoms with Gasteiger partial charge in [-0.2, -0.15) is 30.7 Å². The van der Waals surface area contributed by atoms with Crippen LogP contribution in [0.3, 0.4) is 0 Å². The van der Waals surface area contributed by atoms with Crippen molar-refractivity contribution in [1.82, 2.24) is 0 Å².